The molecule has 21 heavy (non-hydrogen) atoms. The van der Waals surface area contributed by atoms with Crippen molar-refractivity contribution in [2.24, 2.45) is 5.41 Å². The molecule has 0 aliphatic heterocycles. The molecule has 0 saturated heterocycles. The Morgan fingerprint density at radius 3 is 2.43 bits per heavy atom. The first-order chi connectivity index (χ1) is 9.78. The van der Waals surface area contributed by atoms with E-state index in [2.05, 4.69) is 13.8 Å². The molecule has 1 heterocycles. The molecular formula is C16H14Cl3NO. The number of aromatic nitrogens is 1. The first-order valence-electron chi connectivity index (χ1n) is 6.67. The maximum Gasteiger partial charge on any atom is 0.165 e. The zero-order valence-corrected chi connectivity index (χ0v) is 14.0. The highest BCUT2D eigenvalue weighted by atomic mass is 35.5. The summed E-state index contributed by atoms with van der Waals surface area (Å²) in [7, 11) is 0. The van der Waals surface area contributed by atoms with Gasteiger partial charge in [-0.25, -0.2) is 0 Å². The highest BCUT2D eigenvalue weighted by Crippen LogP contribution is 2.38. The number of nitrogens with zero attached hydrogens (tertiary/aromatic N) is 1. The van der Waals surface area contributed by atoms with Gasteiger partial charge in [-0.15, -0.1) is 0 Å². The van der Waals surface area contributed by atoms with Crippen molar-refractivity contribution >= 4 is 40.6 Å². The van der Waals surface area contributed by atoms with Crippen LogP contribution >= 0.6 is 34.8 Å². The van der Waals surface area contributed by atoms with Crippen LogP contribution in [0.5, 0.6) is 0 Å². The fraction of sp³-hybridized carbons (Fsp3) is 0.312. The van der Waals surface area contributed by atoms with Crippen molar-refractivity contribution in [1.29, 1.82) is 0 Å². The average molecular weight is 343 g/mol. The van der Waals surface area contributed by atoms with E-state index < -0.39 is 0 Å². The van der Waals surface area contributed by atoms with Crippen LogP contribution in [0.15, 0.2) is 24.4 Å². The first kappa shape index (κ1) is 15.0. The number of carbonyl (C=O) groups excluding carboxylic acids is 1. The summed E-state index contributed by atoms with van der Waals surface area (Å²) in [6.07, 6.45) is 3.26. The minimum atomic E-state index is -0.0527. The maximum absolute atomic E-state index is 12.3. The van der Waals surface area contributed by atoms with Crippen LogP contribution in [0.25, 0.3) is 5.69 Å². The van der Waals surface area contributed by atoms with Crippen molar-refractivity contribution in [2.75, 3.05) is 0 Å². The lowest BCUT2D eigenvalue weighted by atomic mass is 9.76. The summed E-state index contributed by atoms with van der Waals surface area (Å²) in [5.41, 5.74) is 2.45. The number of carbonyl (C=O) groups is 1. The third-order valence-electron chi connectivity index (χ3n) is 3.83. The van der Waals surface area contributed by atoms with Crippen LogP contribution < -0.4 is 0 Å². The van der Waals surface area contributed by atoms with Crippen LogP contribution in [0.2, 0.25) is 15.1 Å². The molecule has 0 fully saturated rings. The minimum absolute atomic E-state index is 0.0527. The first-order valence-corrected chi connectivity index (χ1v) is 7.80. The number of halogens is 3. The number of benzene rings is 1. The Morgan fingerprint density at radius 1 is 1.05 bits per heavy atom. The Bertz CT molecular complexity index is 746. The summed E-state index contributed by atoms with van der Waals surface area (Å²) < 4.78 is 1.94. The van der Waals surface area contributed by atoms with Gasteiger partial charge in [0.2, 0.25) is 0 Å². The molecule has 1 aromatic carbocycles. The lowest BCUT2D eigenvalue weighted by molar-refractivity contribution is 0.0911. The van der Waals surface area contributed by atoms with E-state index in [4.69, 9.17) is 34.8 Å². The Balaban J connectivity index is 2.19. The van der Waals surface area contributed by atoms with Crippen molar-refractivity contribution in [3.63, 3.8) is 0 Å². The van der Waals surface area contributed by atoms with Gasteiger partial charge in [0.25, 0.3) is 0 Å². The van der Waals surface area contributed by atoms with E-state index in [1.807, 2.05) is 16.8 Å². The van der Waals surface area contributed by atoms with Crippen LogP contribution in [0.1, 0.15) is 36.3 Å². The van der Waals surface area contributed by atoms with Gasteiger partial charge in [0.15, 0.2) is 5.78 Å². The van der Waals surface area contributed by atoms with Crippen molar-refractivity contribution in [2.45, 2.75) is 26.7 Å². The molecule has 0 saturated carbocycles. The summed E-state index contributed by atoms with van der Waals surface area (Å²) >= 11 is 18.4. The molecule has 0 unspecified atom stereocenters. The quantitative estimate of drug-likeness (QED) is 0.619. The summed E-state index contributed by atoms with van der Waals surface area (Å²) in [6, 6.07) is 5.22. The molecule has 5 heteroatoms. The Kier molecular flexibility index (Phi) is 3.59. The van der Waals surface area contributed by atoms with Crippen molar-refractivity contribution in [3.05, 3.63) is 50.7 Å². The monoisotopic (exact) mass is 341 g/mol. The standard InChI is InChI=1S/C16H14Cl3NO/c1-16(2)7-14-9(15(21)8-16)3-4-20(14)13-6-11(18)10(17)5-12(13)19/h3-6H,7-8H2,1-2H3. The van der Waals surface area contributed by atoms with Gasteiger partial charge in [-0.1, -0.05) is 48.7 Å². The van der Waals surface area contributed by atoms with E-state index in [-0.39, 0.29) is 11.2 Å². The van der Waals surface area contributed by atoms with E-state index in [0.29, 0.717) is 21.5 Å². The lowest BCUT2D eigenvalue weighted by Gasteiger charge is -2.29. The highest BCUT2D eigenvalue weighted by molar-refractivity contribution is 6.43. The minimum Gasteiger partial charge on any atom is -0.319 e. The highest BCUT2D eigenvalue weighted by Gasteiger charge is 2.33. The number of Topliss-reactive ketones (excluding diaryl/α,β-unsaturated/α-hetero) is 1. The number of ketones is 1. The predicted molar refractivity (Wildman–Crippen MR) is 87.2 cm³/mol. The molecule has 0 bridgehead atoms. The van der Waals surface area contributed by atoms with Crippen LogP contribution in [-0.4, -0.2) is 10.4 Å². The Hall–Kier alpha value is -0.960. The number of rotatable bonds is 1. The number of hydrogen-bond donors (Lipinski definition) is 0. The zero-order chi connectivity index (χ0) is 15.4. The molecule has 2 nitrogen and oxygen atoms in total. The van der Waals surface area contributed by atoms with Crippen molar-refractivity contribution < 1.29 is 4.79 Å². The maximum atomic E-state index is 12.3. The van der Waals surface area contributed by atoms with E-state index in [1.54, 1.807) is 12.1 Å². The molecule has 1 aromatic heterocycles. The lowest BCUT2D eigenvalue weighted by Crippen LogP contribution is -2.27. The smallest absolute Gasteiger partial charge is 0.165 e. The third kappa shape index (κ3) is 2.61. The molecular weight excluding hydrogens is 329 g/mol. The predicted octanol–water partition coefficient (Wildman–Crippen LogP) is 5.59. The number of hydrogen-bond acceptors (Lipinski definition) is 1. The molecule has 0 amide bonds. The van der Waals surface area contributed by atoms with Crippen LogP contribution in [0, 0.1) is 5.41 Å². The summed E-state index contributed by atoms with van der Waals surface area (Å²) in [6.45, 7) is 4.20. The molecule has 0 N–H and O–H groups in total. The second kappa shape index (κ2) is 5.05. The summed E-state index contributed by atoms with van der Waals surface area (Å²) in [5, 5.41) is 1.38. The van der Waals surface area contributed by atoms with Gasteiger partial charge >= 0.3 is 0 Å². The van der Waals surface area contributed by atoms with E-state index in [0.717, 1.165) is 23.4 Å². The molecule has 110 valence electrons. The molecule has 0 radical (unpaired) electrons. The van der Waals surface area contributed by atoms with E-state index in [1.165, 1.54) is 0 Å². The van der Waals surface area contributed by atoms with E-state index >= 15 is 0 Å². The van der Waals surface area contributed by atoms with E-state index in [9.17, 15) is 4.79 Å². The van der Waals surface area contributed by atoms with Crippen LogP contribution in [0.3, 0.4) is 0 Å². The second-order valence-electron chi connectivity index (χ2n) is 6.20. The molecule has 3 rings (SSSR count). The van der Waals surface area contributed by atoms with Gasteiger partial charge in [-0.3, -0.25) is 4.79 Å². The second-order valence-corrected chi connectivity index (χ2v) is 7.43. The van der Waals surface area contributed by atoms with Crippen LogP contribution in [-0.2, 0) is 6.42 Å². The number of fused-ring (bicyclic) bond motifs is 1. The van der Waals surface area contributed by atoms with Crippen molar-refractivity contribution in [1.82, 2.24) is 4.57 Å². The average Bonchev–Trinajstić information content (AvgIpc) is 2.76. The fourth-order valence-corrected chi connectivity index (χ4v) is 3.50. The Labute approximate surface area is 138 Å². The molecule has 0 spiro atoms. The fourth-order valence-electron chi connectivity index (χ4n) is 2.87. The van der Waals surface area contributed by atoms with Gasteiger partial charge in [-0.05, 0) is 30.0 Å². The van der Waals surface area contributed by atoms with Crippen molar-refractivity contribution in [3.8, 4) is 5.69 Å². The zero-order valence-electron chi connectivity index (χ0n) is 11.7. The van der Waals surface area contributed by atoms with Gasteiger partial charge in [-0.2, -0.15) is 0 Å². The third-order valence-corrected chi connectivity index (χ3v) is 4.85. The molecule has 2 aromatic rings. The van der Waals surface area contributed by atoms with Gasteiger partial charge in [0.1, 0.15) is 0 Å². The SMILES string of the molecule is CC1(C)CC(=O)c2ccn(-c3cc(Cl)c(Cl)cc3Cl)c2C1. The largest absolute Gasteiger partial charge is 0.319 e. The summed E-state index contributed by atoms with van der Waals surface area (Å²) in [5.74, 6) is 0.177. The molecule has 1 aliphatic rings. The topological polar surface area (TPSA) is 22.0 Å². The molecule has 1 aliphatic carbocycles. The van der Waals surface area contributed by atoms with Gasteiger partial charge in [0, 0.05) is 23.9 Å². The molecule has 0 atom stereocenters. The Morgan fingerprint density at radius 2 is 1.71 bits per heavy atom. The van der Waals surface area contributed by atoms with Gasteiger partial charge < -0.3 is 4.57 Å². The summed E-state index contributed by atoms with van der Waals surface area (Å²) in [4.78, 5) is 12.3. The van der Waals surface area contributed by atoms with Crippen LogP contribution in [0.4, 0.5) is 0 Å². The van der Waals surface area contributed by atoms with Gasteiger partial charge in [0.05, 0.1) is 20.8 Å². The normalized spacial score (nSPS) is 16.9.